The van der Waals surface area contributed by atoms with E-state index in [-0.39, 0.29) is 17.9 Å². The minimum Gasteiger partial charge on any atom is -0.379 e. The Morgan fingerprint density at radius 2 is 2.33 bits per heavy atom. The van der Waals surface area contributed by atoms with E-state index in [1.54, 1.807) is 11.9 Å². The van der Waals surface area contributed by atoms with Crippen molar-refractivity contribution in [1.82, 2.24) is 9.88 Å². The van der Waals surface area contributed by atoms with Crippen LogP contribution in [-0.2, 0) is 16.1 Å². The predicted molar refractivity (Wildman–Crippen MR) is 67.7 cm³/mol. The Balaban J connectivity index is 1.99. The first-order valence-corrected chi connectivity index (χ1v) is 6.09. The Morgan fingerprint density at radius 1 is 1.56 bits per heavy atom. The lowest BCUT2D eigenvalue weighted by atomic mass is 10.0. The summed E-state index contributed by atoms with van der Waals surface area (Å²) in [4.78, 5) is 18.2. The van der Waals surface area contributed by atoms with Gasteiger partial charge in [0, 0.05) is 18.8 Å². The van der Waals surface area contributed by atoms with E-state index in [2.05, 4.69) is 4.98 Å². The second-order valence-electron chi connectivity index (χ2n) is 4.77. The Labute approximate surface area is 107 Å². The maximum absolute atomic E-state index is 12.2. The SMILES string of the molecule is Cc1cccc(CN(C)C(=O)C2COCC2N)n1. The van der Waals surface area contributed by atoms with Gasteiger partial charge in [-0.25, -0.2) is 0 Å². The highest BCUT2D eigenvalue weighted by Gasteiger charge is 2.33. The molecule has 1 aromatic rings. The van der Waals surface area contributed by atoms with Crippen molar-refractivity contribution in [2.75, 3.05) is 20.3 Å². The van der Waals surface area contributed by atoms with Gasteiger partial charge >= 0.3 is 0 Å². The van der Waals surface area contributed by atoms with Crippen LogP contribution in [0.25, 0.3) is 0 Å². The Bertz CT molecular complexity index is 436. The van der Waals surface area contributed by atoms with Gasteiger partial charge in [-0.05, 0) is 19.1 Å². The van der Waals surface area contributed by atoms with Gasteiger partial charge in [0.1, 0.15) is 0 Å². The highest BCUT2D eigenvalue weighted by atomic mass is 16.5. The van der Waals surface area contributed by atoms with Gasteiger partial charge in [-0.15, -0.1) is 0 Å². The molecular weight excluding hydrogens is 230 g/mol. The molecule has 0 aromatic carbocycles. The lowest BCUT2D eigenvalue weighted by molar-refractivity contribution is -0.135. The van der Waals surface area contributed by atoms with E-state index >= 15 is 0 Å². The van der Waals surface area contributed by atoms with Crippen molar-refractivity contribution >= 4 is 5.91 Å². The quantitative estimate of drug-likeness (QED) is 0.837. The fourth-order valence-corrected chi connectivity index (χ4v) is 2.12. The number of hydrogen-bond acceptors (Lipinski definition) is 4. The molecule has 0 bridgehead atoms. The summed E-state index contributed by atoms with van der Waals surface area (Å²) in [5.41, 5.74) is 7.69. The summed E-state index contributed by atoms with van der Waals surface area (Å²) in [6.45, 7) is 3.33. The minimum atomic E-state index is -0.222. The van der Waals surface area contributed by atoms with E-state index in [0.29, 0.717) is 19.8 Å². The zero-order valence-electron chi connectivity index (χ0n) is 10.8. The van der Waals surface area contributed by atoms with Crippen molar-refractivity contribution in [2.45, 2.75) is 19.5 Å². The molecule has 5 nitrogen and oxygen atoms in total. The molecule has 0 saturated carbocycles. The van der Waals surface area contributed by atoms with Crippen LogP contribution in [0.3, 0.4) is 0 Å². The Kier molecular flexibility index (Phi) is 3.93. The zero-order valence-corrected chi connectivity index (χ0v) is 10.8. The largest absolute Gasteiger partial charge is 0.379 e. The number of amides is 1. The smallest absolute Gasteiger partial charge is 0.229 e. The van der Waals surface area contributed by atoms with Crippen molar-refractivity contribution in [2.24, 2.45) is 11.7 Å². The highest BCUT2D eigenvalue weighted by Crippen LogP contribution is 2.15. The van der Waals surface area contributed by atoms with Crippen LogP contribution in [0.1, 0.15) is 11.4 Å². The van der Waals surface area contributed by atoms with E-state index < -0.39 is 0 Å². The summed E-state index contributed by atoms with van der Waals surface area (Å²) in [7, 11) is 1.78. The van der Waals surface area contributed by atoms with E-state index in [1.165, 1.54) is 0 Å². The van der Waals surface area contributed by atoms with E-state index in [9.17, 15) is 4.79 Å². The monoisotopic (exact) mass is 249 g/mol. The van der Waals surface area contributed by atoms with Crippen molar-refractivity contribution in [3.05, 3.63) is 29.6 Å². The standard InChI is InChI=1S/C13H19N3O2/c1-9-4-3-5-10(15-9)6-16(2)13(17)11-7-18-8-12(11)14/h3-5,11-12H,6-8,14H2,1-2H3. The third-order valence-electron chi connectivity index (χ3n) is 3.16. The van der Waals surface area contributed by atoms with Gasteiger partial charge in [-0.3, -0.25) is 9.78 Å². The maximum Gasteiger partial charge on any atom is 0.229 e. The lowest BCUT2D eigenvalue weighted by Crippen LogP contribution is -2.41. The third kappa shape index (κ3) is 2.86. The van der Waals surface area contributed by atoms with Crippen molar-refractivity contribution in [3.63, 3.8) is 0 Å². The molecule has 2 heterocycles. The minimum absolute atomic E-state index is 0.0308. The van der Waals surface area contributed by atoms with Crippen molar-refractivity contribution < 1.29 is 9.53 Å². The predicted octanol–water partition coefficient (Wildman–Crippen LogP) is 0.322. The molecule has 18 heavy (non-hydrogen) atoms. The van der Waals surface area contributed by atoms with Crippen LogP contribution in [0, 0.1) is 12.8 Å². The van der Waals surface area contributed by atoms with Gasteiger partial charge < -0.3 is 15.4 Å². The van der Waals surface area contributed by atoms with E-state index in [0.717, 1.165) is 11.4 Å². The Hall–Kier alpha value is -1.46. The van der Waals surface area contributed by atoms with Crippen LogP contribution >= 0.6 is 0 Å². The first-order valence-electron chi connectivity index (χ1n) is 6.09. The number of ether oxygens (including phenoxy) is 1. The lowest BCUT2D eigenvalue weighted by Gasteiger charge is -2.22. The molecule has 2 atom stereocenters. The van der Waals surface area contributed by atoms with E-state index in [1.807, 2.05) is 25.1 Å². The molecular formula is C13H19N3O2. The second-order valence-corrected chi connectivity index (χ2v) is 4.77. The Morgan fingerprint density at radius 3 is 2.94 bits per heavy atom. The van der Waals surface area contributed by atoms with E-state index in [4.69, 9.17) is 10.5 Å². The van der Waals surface area contributed by atoms with Crippen LogP contribution in [0.4, 0.5) is 0 Å². The number of aromatic nitrogens is 1. The third-order valence-corrected chi connectivity index (χ3v) is 3.16. The van der Waals surface area contributed by atoms with Gasteiger partial charge in [0.15, 0.2) is 0 Å². The summed E-state index contributed by atoms with van der Waals surface area (Å²) < 4.78 is 5.22. The molecule has 1 aliphatic heterocycles. The van der Waals surface area contributed by atoms with Crippen LogP contribution in [0.2, 0.25) is 0 Å². The summed E-state index contributed by atoms with van der Waals surface area (Å²) >= 11 is 0. The fourth-order valence-electron chi connectivity index (χ4n) is 2.12. The maximum atomic E-state index is 12.2. The average Bonchev–Trinajstić information content (AvgIpc) is 2.74. The number of nitrogens with two attached hydrogens (primary N) is 1. The number of carbonyl (C=O) groups is 1. The van der Waals surface area contributed by atoms with Crippen LogP contribution in [0.5, 0.6) is 0 Å². The molecule has 0 radical (unpaired) electrons. The first kappa shape index (κ1) is 13.0. The number of carbonyl (C=O) groups excluding carboxylic acids is 1. The number of rotatable bonds is 3. The number of pyridine rings is 1. The number of nitrogens with zero attached hydrogens (tertiary/aromatic N) is 2. The highest BCUT2D eigenvalue weighted by molar-refractivity contribution is 5.79. The second kappa shape index (κ2) is 5.46. The molecule has 1 aliphatic rings. The van der Waals surface area contributed by atoms with Gasteiger partial charge in [-0.2, -0.15) is 0 Å². The fraction of sp³-hybridized carbons (Fsp3) is 0.538. The molecule has 2 unspecified atom stereocenters. The summed E-state index contributed by atoms with van der Waals surface area (Å²) in [5.74, 6) is -0.192. The van der Waals surface area contributed by atoms with Gasteiger partial charge in [0.2, 0.25) is 5.91 Å². The molecule has 0 spiro atoms. The molecule has 2 rings (SSSR count). The molecule has 98 valence electrons. The molecule has 5 heteroatoms. The normalized spacial score (nSPS) is 23.1. The zero-order chi connectivity index (χ0) is 13.1. The number of hydrogen-bond donors (Lipinski definition) is 1. The van der Waals surface area contributed by atoms with Crippen LogP contribution < -0.4 is 5.73 Å². The molecule has 0 aliphatic carbocycles. The topological polar surface area (TPSA) is 68.5 Å². The molecule has 1 fully saturated rings. The van der Waals surface area contributed by atoms with Crippen LogP contribution in [0.15, 0.2) is 18.2 Å². The molecule has 1 amide bonds. The van der Waals surface area contributed by atoms with Gasteiger partial charge in [0.25, 0.3) is 0 Å². The first-order chi connectivity index (χ1) is 8.58. The van der Waals surface area contributed by atoms with Crippen molar-refractivity contribution in [3.8, 4) is 0 Å². The number of aryl methyl sites for hydroxylation is 1. The summed E-state index contributed by atoms with van der Waals surface area (Å²) in [6, 6.07) is 5.61. The molecule has 2 N–H and O–H groups in total. The average molecular weight is 249 g/mol. The van der Waals surface area contributed by atoms with Gasteiger partial charge in [-0.1, -0.05) is 6.07 Å². The molecule has 1 saturated heterocycles. The summed E-state index contributed by atoms with van der Waals surface area (Å²) in [5, 5.41) is 0. The van der Waals surface area contributed by atoms with Crippen LogP contribution in [-0.4, -0.2) is 42.1 Å². The van der Waals surface area contributed by atoms with Crippen molar-refractivity contribution in [1.29, 1.82) is 0 Å². The van der Waals surface area contributed by atoms with Gasteiger partial charge in [0.05, 0.1) is 31.4 Å². The molecule has 1 aromatic heterocycles. The summed E-state index contributed by atoms with van der Waals surface area (Å²) in [6.07, 6.45) is 0.